The van der Waals surface area contributed by atoms with Crippen LogP contribution in [0.2, 0.25) is 0 Å². The van der Waals surface area contributed by atoms with E-state index in [0.717, 1.165) is 47.5 Å². The number of benzene rings is 1. The molecule has 0 saturated carbocycles. The van der Waals surface area contributed by atoms with E-state index in [1.54, 1.807) is 7.11 Å². The van der Waals surface area contributed by atoms with Crippen LogP contribution in [-0.4, -0.2) is 42.9 Å². The zero-order chi connectivity index (χ0) is 18.9. The predicted molar refractivity (Wildman–Crippen MR) is 103 cm³/mol. The molecule has 1 aliphatic rings. The Bertz CT molecular complexity index is 814. The van der Waals surface area contributed by atoms with Gasteiger partial charge in [0.2, 0.25) is 0 Å². The lowest BCUT2D eigenvalue weighted by molar-refractivity contribution is 0.0509. The molecule has 26 heavy (non-hydrogen) atoms. The van der Waals surface area contributed by atoms with Crippen molar-refractivity contribution in [1.82, 2.24) is 10.3 Å². The van der Waals surface area contributed by atoms with E-state index in [-0.39, 0.29) is 12.1 Å². The molecule has 0 aliphatic carbocycles. The molecular weight excluding hydrogens is 330 g/mol. The monoisotopic (exact) mass is 357 g/mol. The van der Waals surface area contributed by atoms with Gasteiger partial charge >= 0.3 is 6.09 Å². The summed E-state index contributed by atoms with van der Waals surface area (Å²) in [7, 11) is 1.66. The number of nitrogens with zero attached hydrogens (tertiary/aromatic N) is 2. The standard InChI is InChI=1S/C20H27N3O3/c1-13-11-16(15-7-6-8-17(25-5)18(15)21-13)23-10-9-14(12-23)22-19(24)26-20(2,3)4/h6-8,11,14H,9-10,12H2,1-5H3,(H,22,24). The van der Waals surface area contributed by atoms with Crippen LogP contribution in [0.4, 0.5) is 10.5 Å². The third-order valence-electron chi connectivity index (χ3n) is 4.38. The number of carbonyl (C=O) groups is 1. The van der Waals surface area contributed by atoms with Crippen LogP contribution in [-0.2, 0) is 4.74 Å². The van der Waals surface area contributed by atoms with Crippen LogP contribution in [0.1, 0.15) is 32.9 Å². The molecule has 1 aromatic carbocycles. The number of aryl methyl sites for hydroxylation is 1. The lowest BCUT2D eigenvalue weighted by Crippen LogP contribution is -2.40. The fourth-order valence-electron chi connectivity index (χ4n) is 3.33. The molecule has 1 aromatic heterocycles. The van der Waals surface area contributed by atoms with E-state index in [9.17, 15) is 4.79 Å². The molecule has 6 heteroatoms. The maximum absolute atomic E-state index is 12.0. The third-order valence-corrected chi connectivity index (χ3v) is 4.38. The molecule has 1 atom stereocenters. The van der Waals surface area contributed by atoms with Crippen molar-refractivity contribution in [1.29, 1.82) is 0 Å². The molecule has 140 valence electrons. The number of methoxy groups -OCH3 is 1. The van der Waals surface area contributed by atoms with E-state index in [2.05, 4.69) is 27.3 Å². The van der Waals surface area contributed by atoms with E-state index in [1.807, 2.05) is 39.8 Å². The quantitative estimate of drug-likeness (QED) is 0.908. The number of hydrogen-bond donors (Lipinski definition) is 1. The number of anilines is 1. The molecule has 6 nitrogen and oxygen atoms in total. The Morgan fingerprint density at radius 2 is 2.12 bits per heavy atom. The normalized spacial score (nSPS) is 17.4. The molecule has 1 aliphatic heterocycles. The van der Waals surface area contributed by atoms with Crippen molar-refractivity contribution in [3.63, 3.8) is 0 Å². The number of carbonyl (C=O) groups excluding carboxylic acids is 1. The number of alkyl carbamates (subject to hydrolysis) is 1. The van der Waals surface area contributed by atoms with Gasteiger partial charge in [0.05, 0.1) is 13.2 Å². The summed E-state index contributed by atoms with van der Waals surface area (Å²) in [4.78, 5) is 19.0. The summed E-state index contributed by atoms with van der Waals surface area (Å²) in [5.41, 5.74) is 2.45. The van der Waals surface area contributed by atoms with Gasteiger partial charge in [-0.2, -0.15) is 0 Å². The summed E-state index contributed by atoms with van der Waals surface area (Å²) in [6.07, 6.45) is 0.522. The second-order valence-corrected chi connectivity index (χ2v) is 7.72. The van der Waals surface area contributed by atoms with Crippen molar-refractivity contribution in [2.24, 2.45) is 0 Å². The van der Waals surface area contributed by atoms with E-state index in [1.165, 1.54) is 0 Å². The first-order valence-electron chi connectivity index (χ1n) is 8.95. The average Bonchev–Trinajstić information content (AvgIpc) is 2.99. The van der Waals surface area contributed by atoms with Crippen LogP contribution in [0.5, 0.6) is 5.75 Å². The van der Waals surface area contributed by atoms with Crippen LogP contribution in [0.3, 0.4) is 0 Å². The highest BCUT2D eigenvalue weighted by Crippen LogP contribution is 2.33. The first-order chi connectivity index (χ1) is 12.3. The Morgan fingerprint density at radius 3 is 2.81 bits per heavy atom. The Labute approximate surface area is 154 Å². The van der Waals surface area contributed by atoms with Crippen molar-refractivity contribution in [3.05, 3.63) is 30.0 Å². The Hall–Kier alpha value is -2.50. The number of pyridine rings is 1. The van der Waals surface area contributed by atoms with E-state index < -0.39 is 5.60 Å². The van der Waals surface area contributed by atoms with Crippen molar-refractivity contribution in [3.8, 4) is 5.75 Å². The largest absolute Gasteiger partial charge is 0.494 e. The summed E-state index contributed by atoms with van der Waals surface area (Å²) in [5.74, 6) is 0.773. The van der Waals surface area contributed by atoms with Crippen LogP contribution in [0, 0.1) is 6.92 Å². The Kier molecular flexibility index (Phi) is 4.94. The minimum Gasteiger partial charge on any atom is -0.494 e. The number of amides is 1. The number of rotatable bonds is 3. The molecule has 0 bridgehead atoms. The second-order valence-electron chi connectivity index (χ2n) is 7.72. The van der Waals surface area contributed by atoms with Crippen molar-refractivity contribution >= 4 is 22.7 Å². The van der Waals surface area contributed by atoms with Gasteiger partial charge in [-0.25, -0.2) is 9.78 Å². The lowest BCUT2D eigenvalue weighted by atomic mass is 10.1. The molecule has 3 rings (SSSR count). The number of hydrogen-bond acceptors (Lipinski definition) is 5. The smallest absolute Gasteiger partial charge is 0.407 e. The summed E-state index contributed by atoms with van der Waals surface area (Å²) in [5, 5.41) is 4.04. The molecule has 1 fully saturated rings. The fraction of sp³-hybridized carbons (Fsp3) is 0.500. The molecule has 0 radical (unpaired) electrons. The number of ether oxygens (including phenoxy) is 2. The third kappa shape index (κ3) is 4.00. The summed E-state index contributed by atoms with van der Waals surface area (Å²) < 4.78 is 10.8. The zero-order valence-electron chi connectivity index (χ0n) is 16.1. The maximum Gasteiger partial charge on any atom is 0.407 e. The van der Waals surface area contributed by atoms with E-state index >= 15 is 0 Å². The number of aromatic nitrogens is 1. The van der Waals surface area contributed by atoms with Gasteiger partial charge in [0.25, 0.3) is 0 Å². The van der Waals surface area contributed by atoms with Gasteiger partial charge in [-0.15, -0.1) is 0 Å². The molecular formula is C20H27N3O3. The van der Waals surface area contributed by atoms with Crippen LogP contribution in [0.25, 0.3) is 10.9 Å². The molecule has 0 spiro atoms. The molecule has 2 aromatic rings. The highest BCUT2D eigenvalue weighted by Gasteiger charge is 2.27. The molecule has 1 saturated heterocycles. The van der Waals surface area contributed by atoms with E-state index in [4.69, 9.17) is 9.47 Å². The van der Waals surface area contributed by atoms with E-state index in [0.29, 0.717) is 0 Å². The summed E-state index contributed by atoms with van der Waals surface area (Å²) in [6, 6.07) is 8.13. The van der Waals surface area contributed by atoms with Crippen LogP contribution >= 0.6 is 0 Å². The minimum absolute atomic E-state index is 0.0685. The zero-order valence-corrected chi connectivity index (χ0v) is 16.1. The van der Waals surface area contributed by atoms with Gasteiger partial charge in [-0.3, -0.25) is 0 Å². The molecule has 2 heterocycles. The van der Waals surface area contributed by atoms with Crippen molar-refractivity contribution < 1.29 is 14.3 Å². The SMILES string of the molecule is COc1cccc2c(N3CCC(NC(=O)OC(C)(C)C)C3)cc(C)nc12. The van der Waals surface area contributed by atoms with Crippen LogP contribution < -0.4 is 15.0 Å². The maximum atomic E-state index is 12.0. The molecule has 1 amide bonds. The number of para-hydroxylation sites is 1. The number of nitrogens with one attached hydrogen (secondary N) is 1. The van der Waals surface area contributed by atoms with Gasteiger partial charge < -0.3 is 19.7 Å². The van der Waals surface area contributed by atoms with Crippen LogP contribution in [0.15, 0.2) is 24.3 Å². The lowest BCUT2D eigenvalue weighted by Gasteiger charge is -2.23. The summed E-state index contributed by atoms with van der Waals surface area (Å²) >= 11 is 0. The summed E-state index contributed by atoms with van der Waals surface area (Å²) in [6.45, 7) is 9.21. The van der Waals surface area contributed by atoms with Gasteiger partial charge in [-0.1, -0.05) is 12.1 Å². The average molecular weight is 357 g/mol. The van der Waals surface area contributed by atoms with Gasteiger partial charge in [0.1, 0.15) is 16.9 Å². The Balaban J connectivity index is 1.80. The highest BCUT2D eigenvalue weighted by molar-refractivity contribution is 5.95. The molecule has 1 N–H and O–H groups in total. The number of fused-ring (bicyclic) bond motifs is 1. The van der Waals surface area contributed by atoms with Gasteiger partial charge in [-0.05, 0) is 46.2 Å². The highest BCUT2D eigenvalue weighted by atomic mass is 16.6. The minimum atomic E-state index is -0.489. The first-order valence-corrected chi connectivity index (χ1v) is 8.95. The van der Waals surface area contributed by atoms with Gasteiger partial charge in [0.15, 0.2) is 0 Å². The topological polar surface area (TPSA) is 63.7 Å². The second kappa shape index (κ2) is 7.02. The predicted octanol–water partition coefficient (Wildman–Crippen LogP) is 3.66. The molecule has 1 unspecified atom stereocenters. The Morgan fingerprint density at radius 1 is 1.35 bits per heavy atom. The fourth-order valence-corrected chi connectivity index (χ4v) is 3.33. The van der Waals surface area contributed by atoms with Crippen molar-refractivity contribution in [2.45, 2.75) is 45.8 Å². The van der Waals surface area contributed by atoms with Gasteiger partial charge in [0, 0.05) is 29.9 Å². The van der Waals surface area contributed by atoms with Crippen molar-refractivity contribution in [2.75, 3.05) is 25.1 Å². The first kappa shape index (κ1) is 18.3.